The predicted molar refractivity (Wildman–Crippen MR) is 174 cm³/mol. The molecule has 0 spiro atoms. The summed E-state index contributed by atoms with van der Waals surface area (Å²) in [5, 5.41) is 0. The first-order valence-corrected chi connectivity index (χ1v) is 15.8. The van der Waals surface area contributed by atoms with E-state index in [9.17, 15) is 14.4 Å². The molecule has 0 N–H and O–H groups in total. The SMILES string of the molecule is CCOC(=O)C1=C(C)N=c2s/c(=C/c3ccc(-c4ccc(C(=O)OC(C)C)cc4C)o3)c(=O)n2[C@H]1c1ccc(OC)c(OCC)c1. The van der Waals surface area contributed by atoms with Gasteiger partial charge < -0.3 is 23.4 Å². The molecule has 10 nitrogen and oxygen atoms in total. The van der Waals surface area contributed by atoms with E-state index in [1.807, 2.05) is 26.0 Å². The number of aryl methyl sites for hydroxylation is 1. The molecule has 0 fully saturated rings. The first-order chi connectivity index (χ1) is 22.1. The van der Waals surface area contributed by atoms with Gasteiger partial charge in [0.1, 0.15) is 11.5 Å². The van der Waals surface area contributed by atoms with E-state index in [1.165, 1.54) is 15.9 Å². The number of methoxy groups -OCH3 is 1. The van der Waals surface area contributed by atoms with Crippen LogP contribution in [0.3, 0.4) is 0 Å². The van der Waals surface area contributed by atoms with E-state index in [4.69, 9.17) is 23.4 Å². The van der Waals surface area contributed by atoms with Crippen LogP contribution < -0.4 is 24.4 Å². The molecule has 0 amide bonds. The number of allylic oxidation sites excluding steroid dienone is 1. The second-order valence-electron chi connectivity index (χ2n) is 10.8. The van der Waals surface area contributed by atoms with Crippen molar-refractivity contribution in [3.05, 3.63) is 102 Å². The van der Waals surface area contributed by atoms with Crippen LogP contribution in [-0.2, 0) is 14.3 Å². The highest BCUT2D eigenvalue weighted by Crippen LogP contribution is 2.36. The third kappa shape index (κ3) is 6.41. The maximum Gasteiger partial charge on any atom is 0.338 e. The van der Waals surface area contributed by atoms with Gasteiger partial charge in [-0.05, 0) is 89.1 Å². The van der Waals surface area contributed by atoms with Crippen LogP contribution in [0.5, 0.6) is 11.5 Å². The van der Waals surface area contributed by atoms with Crippen molar-refractivity contribution in [3.8, 4) is 22.8 Å². The molecule has 0 unspecified atom stereocenters. The Bertz CT molecular complexity index is 2010. The minimum Gasteiger partial charge on any atom is -0.493 e. The Kier molecular flexibility index (Phi) is 9.62. The molecule has 0 bridgehead atoms. The van der Waals surface area contributed by atoms with E-state index < -0.39 is 12.0 Å². The fraction of sp³-hybridized carbons (Fsp3) is 0.314. The zero-order valence-electron chi connectivity index (χ0n) is 26.8. The van der Waals surface area contributed by atoms with Gasteiger partial charge in [0, 0.05) is 11.6 Å². The first kappa shape index (κ1) is 32.5. The van der Waals surface area contributed by atoms with Gasteiger partial charge in [-0.25, -0.2) is 14.6 Å². The van der Waals surface area contributed by atoms with Gasteiger partial charge in [0.15, 0.2) is 16.3 Å². The Morgan fingerprint density at radius 2 is 1.80 bits per heavy atom. The van der Waals surface area contributed by atoms with E-state index in [0.717, 1.165) is 11.1 Å². The summed E-state index contributed by atoms with van der Waals surface area (Å²) < 4.78 is 30.0. The third-order valence-electron chi connectivity index (χ3n) is 7.29. The van der Waals surface area contributed by atoms with E-state index in [1.54, 1.807) is 77.3 Å². The second-order valence-corrected chi connectivity index (χ2v) is 11.8. The molecule has 3 heterocycles. The largest absolute Gasteiger partial charge is 0.493 e. The molecule has 5 rings (SSSR count). The molecule has 11 heteroatoms. The van der Waals surface area contributed by atoms with Gasteiger partial charge in [-0.15, -0.1) is 0 Å². The van der Waals surface area contributed by atoms with Gasteiger partial charge in [0.2, 0.25) is 0 Å². The highest BCUT2D eigenvalue weighted by molar-refractivity contribution is 7.07. The smallest absolute Gasteiger partial charge is 0.338 e. The summed E-state index contributed by atoms with van der Waals surface area (Å²) in [7, 11) is 1.55. The van der Waals surface area contributed by atoms with Crippen molar-refractivity contribution >= 4 is 29.4 Å². The van der Waals surface area contributed by atoms with E-state index in [2.05, 4.69) is 4.99 Å². The van der Waals surface area contributed by atoms with Crippen LogP contribution in [0, 0.1) is 6.92 Å². The van der Waals surface area contributed by atoms with Gasteiger partial charge in [-0.1, -0.05) is 23.5 Å². The number of furan rings is 1. The van der Waals surface area contributed by atoms with E-state index in [-0.39, 0.29) is 29.8 Å². The topological polar surface area (TPSA) is 119 Å². The van der Waals surface area contributed by atoms with Crippen molar-refractivity contribution in [3.63, 3.8) is 0 Å². The van der Waals surface area contributed by atoms with Crippen LogP contribution >= 0.6 is 11.3 Å². The Balaban J connectivity index is 1.57. The summed E-state index contributed by atoms with van der Waals surface area (Å²) in [6, 6.07) is 13.4. The average Bonchev–Trinajstić information content (AvgIpc) is 3.60. The lowest BCUT2D eigenvalue weighted by molar-refractivity contribution is -0.139. The van der Waals surface area contributed by atoms with Crippen LogP contribution in [0.25, 0.3) is 17.4 Å². The van der Waals surface area contributed by atoms with Crippen molar-refractivity contribution in [2.75, 3.05) is 20.3 Å². The maximum atomic E-state index is 14.0. The molecule has 1 aliphatic rings. The summed E-state index contributed by atoms with van der Waals surface area (Å²) >= 11 is 1.20. The predicted octanol–water partition coefficient (Wildman–Crippen LogP) is 5.34. The number of fused-ring (bicyclic) bond motifs is 1. The number of esters is 2. The van der Waals surface area contributed by atoms with Gasteiger partial charge in [0.05, 0.1) is 53.8 Å². The van der Waals surface area contributed by atoms with Crippen LogP contribution in [-0.4, -0.2) is 42.9 Å². The second kappa shape index (κ2) is 13.6. The maximum absolute atomic E-state index is 14.0. The number of hydrogen-bond donors (Lipinski definition) is 0. The molecule has 1 atom stereocenters. The number of nitrogens with zero attached hydrogens (tertiary/aromatic N) is 2. The molecule has 2 aromatic carbocycles. The van der Waals surface area contributed by atoms with Crippen LogP contribution in [0.1, 0.15) is 67.9 Å². The Labute approximate surface area is 270 Å². The van der Waals surface area contributed by atoms with Crippen molar-refractivity contribution < 1.29 is 33.0 Å². The Morgan fingerprint density at radius 3 is 2.48 bits per heavy atom. The number of carbonyl (C=O) groups excluding carboxylic acids is 2. The third-order valence-corrected chi connectivity index (χ3v) is 8.27. The summed E-state index contributed by atoms with van der Waals surface area (Å²) in [5.41, 5.74) is 3.14. The molecule has 4 aromatic rings. The van der Waals surface area contributed by atoms with Crippen molar-refractivity contribution in [2.45, 2.75) is 53.7 Å². The number of benzene rings is 2. The fourth-order valence-corrected chi connectivity index (χ4v) is 6.32. The number of aromatic nitrogens is 1. The summed E-state index contributed by atoms with van der Waals surface area (Å²) in [6.07, 6.45) is 1.45. The standard InChI is InChI=1S/C35H36N2O8S/c1-8-42-28-17-22(11-14-27(28)41-7)31-30(34(40)43-9-2)21(6)36-35-37(31)32(38)29(46-35)18-24-12-15-26(45-24)25-13-10-23(16-20(25)5)33(39)44-19(3)4/h10-19,31H,8-9H2,1-7H3/b29-18+/t31-/m0/s1. The summed E-state index contributed by atoms with van der Waals surface area (Å²) in [4.78, 5) is 44.7. The molecular formula is C35H36N2O8S. The highest BCUT2D eigenvalue weighted by atomic mass is 32.1. The molecule has 1 aliphatic heterocycles. The summed E-state index contributed by atoms with van der Waals surface area (Å²) in [6.45, 7) is 11.4. The average molecular weight is 645 g/mol. The van der Waals surface area contributed by atoms with Gasteiger partial charge in [0.25, 0.3) is 5.56 Å². The highest BCUT2D eigenvalue weighted by Gasteiger charge is 2.34. The minimum atomic E-state index is -0.807. The zero-order chi connectivity index (χ0) is 33.1. The van der Waals surface area contributed by atoms with E-state index in [0.29, 0.717) is 55.8 Å². The van der Waals surface area contributed by atoms with Gasteiger partial charge >= 0.3 is 11.9 Å². The molecule has 0 saturated heterocycles. The summed E-state index contributed by atoms with van der Waals surface area (Å²) in [5.74, 6) is 1.13. The zero-order valence-corrected chi connectivity index (χ0v) is 27.7. The lowest BCUT2D eigenvalue weighted by Gasteiger charge is -2.25. The quantitative estimate of drug-likeness (QED) is 0.212. The molecule has 0 aliphatic carbocycles. The molecule has 2 aromatic heterocycles. The first-order valence-electron chi connectivity index (χ1n) is 15.0. The van der Waals surface area contributed by atoms with Crippen LogP contribution in [0.15, 0.2) is 74.0 Å². The molecule has 0 saturated carbocycles. The van der Waals surface area contributed by atoms with Gasteiger partial charge in [-0.3, -0.25) is 9.36 Å². The van der Waals surface area contributed by atoms with Gasteiger partial charge in [-0.2, -0.15) is 0 Å². The number of carbonyl (C=O) groups is 2. The molecule has 0 radical (unpaired) electrons. The van der Waals surface area contributed by atoms with Crippen molar-refractivity contribution in [2.24, 2.45) is 4.99 Å². The Hall–Kier alpha value is -4.90. The lowest BCUT2D eigenvalue weighted by atomic mass is 9.95. The number of ether oxygens (including phenoxy) is 4. The van der Waals surface area contributed by atoms with Crippen molar-refractivity contribution in [1.29, 1.82) is 0 Å². The normalized spacial score (nSPS) is 14.6. The number of rotatable bonds is 10. The number of hydrogen-bond acceptors (Lipinski definition) is 10. The Morgan fingerprint density at radius 1 is 1.02 bits per heavy atom. The van der Waals surface area contributed by atoms with E-state index >= 15 is 0 Å². The van der Waals surface area contributed by atoms with Crippen LogP contribution in [0.2, 0.25) is 0 Å². The van der Waals surface area contributed by atoms with Crippen molar-refractivity contribution in [1.82, 2.24) is 4.57 Å². The molecule has 46 heavy (non-hydrogen) atoms. The van der Waals surface area contributed by atoms with Crippen LogP contribution in [0.4, 0.5) is 0 Å². The molecule has 240 valence electrons. The molecular weight excluding hydrogens is 608 g/mol. The monoisotopic (exact) mass is 644 g/mol. The minimum absolute atomic E-state index is 0.171. The number of thiazole rings is 1. The lowest BCUT2D eigenvalue weighted by Crippen LogP contribution is -2.39. The fourth-order valence-electron chi connectivity index (χ4n) is 5.29.